The summed E-state index contributed by atoms with van der Waals surface area (Å²) in [5.74, 6) is 0.732. The van der Waals surface area contributed by atoms with Crippen molar-refractivity contribution < 1.29 is 9.52 Å². The quantitative estimate of drug-likeness (QED) is 0.746. The van der Waals surface area contributed by atoms with Crippen LogP contribution in [0, 0.1) is 6.92 Å². The molecule has 0 aliphatic heterocycles. The van der Waals surface area contributed by atoms with Crippen LogP contribution in [0.5, 0.6) is 0 Å². The Morgan fingerprint density at radius 2 is 1.94 bits per heavy atom. The molecule has 1 unspecified atom stereocenters. The van der Waals surface area contributed by atoms with Gasteiger partial charge in [0.25, 0.3) is 0 Å². The van der Waals surface area contributed by atoms with Gasteiger partial charge in [0.2, 0.25) is 0 Å². The fourth-order valence-corrected chi connectivity index (χ4v) is 2.20. The molecule has 0 bridgehead atoms. The number of aryl methyl sites for hydroxylation is 1. The maximum Gasteiger partial charge on any atom is 0.109 e. The number of rotatable bonds is 2. The number of nitrogens with zero attached hydrogens (tertiary/aromatic N) is 1. The number of hydrogen-bond acceptors (Lipinski definition) is 3. The summed E-state index contributed by atoms with van der Waals surface area (Å²) in [7, 11) is 0. The molecule has 2 heterocycles. The molecule has 0 radical (unpaired) electrons. The lowest BCUT2D eigenvalue weighted by Gasteiger charge is -2.12. The van der Waals surface area contributed by atoms with Gasteiger partial charge in [-0.05, 0) is 18.4 Å². The fraction of sp³-hybridized carbons (Fsp3) is 0.133. The normalized spacial score (nSPS) is 12.8. The Morgan fingerprint density at radius 1 is 1.11 bits per heavy atom. The highest BCUT2D eigenvalue weighted by Gasteiger charge is 2.17. The summed E-state index contributed by atoms with van der Waals surface area (Å²) in [5.41, 5.74) is 1.59. The van der Waals surface area contributed by atoms with E-state index in [1.165, 1.54) is 0 Å². The average molecular weight is 239 g/mol. The van der Waals surface area contributed by atoms with Crippen LogP contribution in [0.3, 0.4) is 0 Å². The van der Waals surface area contributed by atoms with Crippen molar-refractivity contribution in [3.05, 3.63) is 65.9 Å². The first-order chi connectivity index (χ1) is 8.77. The molecule has 1 aromatic carbocycles. The smallest absolute Gasteiger partial charge is 0.109 e. The molecule has 0 saturated heterocycles. The Balaban J connectivity index is 2.18. The first-order valence-electron chi connectivity index (χ1n) is 5.82. The van der Waals surface area contributed by atoms with Gasteiger partial charge in [0, 0.05) is 28.9 Å². The van der Waals surface area contributed by atoms with Crippen LogP contribution in [0.4, 0.5) is 0 Å². The van der Waals surface area contributed by atoms with Crippen LogP contribution >= 0.6 is 0 Å². The summed E-state index contributed by atoms with van der Waals surface area (Å²) < 4.78 is 5.24. The molecule has 1 atom stereocenters. The Bertz CT molecular complexity index is 682. The molecule has 0 spiro atoms. The minimum atomic E-state index is -0.706. The number of benzene rings is 1. The third-order valence-corrected chi connectivity index (χ3v) is 3.19. The van der Waals surface area contributed by atoms with E-state index in [0.29, 0.717) is 0 Å². The van der Waals surface area contributed by atoms with Crippen LogP contribution in [-0.4, -0.2) is 10.1 Å². The van der Waals surface area contributed by atoms with Crippen LogP contribution in [0.1, 0.15) is 23.0 Å². The largest absolute Gasteiger partial charge is 0.469 e. The van der Waals surface area contributed by atoms with Crippen molar-refractivity contribution in [3.8, 4) is 0 Å². The van der Waals surface area contributed by atoms with E-state index in [1.54, 1.807) is 24.7 Å². The van der Waals surface area contributed by atoms with Crippen molar-refractivity contribution in [2.75, 3.05) is 0 Å². The first kappa shape index (κ1) is 11.0. The van der Waals surface area contributed by atoms with E-state index in [-0.39, 0.29) is 0 Å². The van der Waals surface area contributed by atoms with E-state index in [9.17, 15) is 5.11 Å². The van der Waals surface area contributed by atoms with Crippen molar-refractivity contribution in [3.63, 3.8) is 0 Å². The molecule has 0 fully saturated rings. The zero-order valence-electron chi connectivity index (χ0n) is 10.00. The molecule has 1 N–H and O–H groups in total. The van der Waals surface area contributed by atoms with Crippen molar-refractivity contribution in [1.82, 2.24) is 4.98 Å². The number of aliphatic hydroxyl groups excluding tert-OH is 1. The summed E-state index contributed by atoms with van der Waals surface area (Å²) >= 11 is 0. The van der Waals surface area contributed by atoms with Gasteiger partial charge in [0.1, 0.15) is 11.9 Å². The van der Waals surface area contributed by atoms with Gasteiger partial charge in [-0.25, -0.2) is 0 Å². The summed E-state index contributed by atoms with van der Waals surface area (Å²) in [5, 5.41) is 12.5. The molecule has 0 amide bonds. The second-order valence-electron chi connectivity index (χ2n) is 4.28. The molecule has 18 heavy (non-hydrogen) atoms. The van der Waals surface area contributed by atoms with Crippen LogP contribution < -0.4 is 0 Å². The van der Waals surface area contributed by atoms with Crippen LogP contribution in [-0.2, 0) is 0 Å². The topological polar surface area (TPSA) is 46.3 Å². The van der Waals surface area contributed by atoms with E-state index < -0.39 is 6.10 Å². The highest BCUT2D eigenvalue weighted by molar-refractivity contribution is 5.85. The molecular formula is C15H13NO2. The van der Waals surface area contributed by atoms with Crippen molar-refractivity contribution in [1.29, 1.82) is 0 Å². The van der Waals surface area contributed by atoms with E-state index in [1.807, 2.05) is 31.2 Å². The minimum absolute atomic E-state index is 0.706. The number of hydrogen-bond donors (Lipinski definition) is 1. The third kappa shape index (κ3) is 1.69. The average Bonchev–Trinajstić information content (AvgIpc) is 2.83. The Kier molecular flexibility index (Phi) is 2.61. The highest BCUT2D eigenvalue weighted by atomic mass is 16.3. The van der Waals surface area contributed by atoms with E-state index >= 15 is 0 Å². The lowest BCUT2D eigenvalue weighted by Crippen LogP contribution is -2.01. The lowest BCUT2D eigenvalue weighted by molar-refractivity contribution is 0.219. The van der Waals surface area contributed by atoms with E-state index in [4.69, 9.17) is 4.42 Å². The maximum absolute atomic E-state index is 10.5. The van der Waals surface area contributed by atoms with Crippen molar-refractivity contribution >= 4 is 10.8 Å². The zero-order chi connectivity index (χ0) is 12.5. The molecule has 0 aliphatic rings. The predicted molar refractivity (Wildman–Crippen MR) is 69.2 cm³/mol. The second-order valence-corrected chi connectivity index (χ2v) is 4.28. The molecule has 3 heteroatoms. The van der Waals surface area contributed by atoms with Gasteiger partial charge in [-0.3, -0.25) is 4.98 Å². The number of aromatic nitrogens is 1. The highest BCUT2D eigenvalue weighted by Crippen LogP contribution is 2.29. The summed E-state index contributed by atoms with van der Waals surface area (Å²) in [4.78, 5) is 4.18. The number of fused-ring (bicyclic) bond motifs is 1. The van der Waals surface area contributed by atoms with E-state index in [2.05, 4.69) is 4.98 Å². The standard InChI is InChI=1S/C15H13NO2/c1-10-12(6-7-18-10)15(17)14-9-16-8-11-4-2-3-5-13(11)14/h2-9,15,17H,1H3. The van der Waals surface area contributed by atoms with Gasteiger partial charge in [-0.1, -0.05) is 24.3 Å². The number of pyridine rings is 1. The van der Waals surface area contributed by atoms with Gasteiger partial charge in [-0.15, -0.1) is 0 Å². The molecule has 3 nitrogen and oxygen atoms in total. The van der Waals surface area contributed by atoms with Crippen molar-refractivity contribution in [2.45, 2.75) is 13.0 Å². The van der Waals surface area contributed by atoms with E-state index in [0.717, 1.165) is 27.7 Å². The molecule has 3 aromatic rings. The monoisotopic (exact) mass is 239 g/mol. The zero-order valence-corrected chi connectivity index (χ0v) is 10.00. The van der Waals surface area contributed by atoms with Crippen LogP contribution in [0.25, 0.3) is 10.8 Å². The van der Waals surface area contributed by atoms with Crippen LogP contribution in [0.2, 0.25) is 0 Å². The third-order valence-electron chi connectivity index (χ3n) is 3.19. The minimum Gasteiger partial charge on any atom is -0.469 e. The summed E-state index contributed by atoms with van der Waals surface area (Å²) in [6.07, 6.45) is 4.39. The van der Waals surface area contributed by atoms with Crippen LogP contribution in [0.15, 0.2) is 53.4 Å². The Hall–Kier alpha value is -2.13. The number of furan rings is 1. The maximum atomic E-state index is 10.5. The molecular weight excluding hydrogens is 226 g/mol. The SMILES string of the molecule is Cc1occc1C(O)c1cncc2ccccc12. The summed E-state index contributed by atoms with van der Waals surface area (Å²) in [6.45, 7) is 1.84. The fourth-order valence-electron chi connectivity index (χ4n) is 2.20. The Morgan fingerprint density at radius 3 is 2.72 bits per heavy atom. The van der Waals surface area contributed by atoms with Gasteiger partial charge in [0.15, 0.2) is 0 Å². The van der Waals surface area contributed by atoms with Crippen molar-refractivity contribution in [2.24, 2.45) is 0 Å². The molecule has 2 aromatic heterocycles. The van der Waals surface area contributed by atoms with Gasteiger partial charge in [0.05, 0.1) is 6.26 Å². The second kappa shape index (κ2) is 4.27. The molecule has 3 rings (SSSR count). The van der Waals surface area contributed by atoms with Gasteiger partial charge in [-0.2, -0.15) is 0 Å². The molecule has 0 saturated carbocycles. The number of aliphatic hydroxyl groups is 1. The Labute approximate surface area is 105 Å². The molecule has 90 valence electrons. The lowest BCUT2D eigenvalue weighted by atomic mass is 9.99. The molecule has 0 aliphatic carbocycles. The van der Waals surface area contributed by atoms with Gasteiger partial charge < -0.3 is 9.52 Å². The summed E-state index contributed by atoms with van der Waals surface area (Å²) in [6, 6.07) is 9.69. The first-order valence-corrected chi connectivity index (χ1v) is 5.82. The van der Waals surface area contributed by atoms with Gasteiger partial charge >= 0.3 is 0 Å². The predicted octanol–water partition coefficient (Wildman–Crippen LogP) is 3.22.